The number of pyridine rings is 1. The molecule has 0 bridgehead atoms. The third-order valence-corrected chi connectivity index (χ3v) is 3.69. The third kappa shape index (κ3) is 4.99. The Labute approximate surface area is 115 Å². The lowest BCUT2D eigenvalue weighted by Gasteiger charge is -2.32. The minimum absolute atomic E-state index is 0.0736. The number of nitrogens with zero attached hydrogens (tertiary/aromatic N) is 2. The average Bonchev–Trinajstić information content (AvgIpc) is 2.40. The van der Waals surface area contributed by atoms with Gasteiger partial charge in [-0.1, -0.05) is 0 Å². The molecule has 1 aliphatic rings. The van der Waals surface area contributed by atoms with E-state index >= 15 is 0 Å². The van der Waals surface area contributed by atoms with Crippen LogP contribution in [0.25, 0.3) is 0 Å². The summed E-state index contributed by atoms with van der Waals surface area (Å²) < 4.78 is 0. The van der Waals surface area contributed by atoms with E-state index in [0.29, 0.717) is 5.92 Å². The smallest absolute Gasteiger partial charge is 0.216 e. The number of nitrogens with one attached hydrogen (secondary N) is 1. The molecule has 1 aliphatic heterocycles. The van der Waals surface area contributed by atoms with E-state index in [1.165, 1.54) is 24.9 Å². The Morgan fingerprint density at radius 3 is 3.00 bits per heavy atom. The lowest BCUT2D eigenvalue weighted by Crippen LogP contribution is -2.36. The first kappa shape index (κ1) is 14.0. The number of rotatable bonds is 5. The molecule has 1 atom stereocenters. The van der Waals surface area contributed by atoms with Gasteiger partial charge in [0.05, 0.1) is 0 Å². The Morgan fingerprint density at radius 1 is 1.47 bits per heavy atom. The number of piperidine rings is 1. The first-order valence-electron chi connectivity index (χ1n) is 7.10. The van der Waals surface area contributed by atoms with Crippen molar-refractivity contribution in [3.63, 3.8) is 0 Å². The molecular formula is C15H23N3O. The summed E-state index contributed by atoms with van der Waals surface area (Å²) in [6, 6.07) is 4.17. The molecule has 19 heavy (non-hydrogen) atoms. The van der Waals surface area contributed by atoms with Crippen LogP contribution >= 0.6 is 0 Å². The molecule has 0 radical (unpaired) electrons. The minimum atomic E-state index is 0.0736. The van der Waals surface area contributed by atoms with E-state index in [1.807, 2.05) is 12.4 Å². The Balaban J connectivity index is 1.75. The van der Waals surface area contributed by atoms with Gasteiger partial charge >= 0.3 is 0 Å². The van der Waals surface area contributed by atoms with Gasteiger partial charge in [-0.15, -0.1) is 0 Å². The Hall–Kier alpha value is -1.42. The van der Waals surface area contributed by atoms with E-state index in [0.717, 1.165) is 26.1 Å². The predicted octanol–water partition coefficient (Wildman–Crippen LogP) is 1.82. The Morgan fingerprint density at radius 2 is 2.26 bits per heavy atom. The molecule has 1 aromatic rings. The van der Waals surface area contributed by atoms with Crippen LogP contribution in [0, 0.1) is 5.92 Å². The second-order valence-electron chi connectivity index (χ2n) is 5.37. The van der Waals surface area contributed by atoms with Gasteiger partial charge in [0.25, 0.3) is 0 Å². The summed E-state index contributed by atoms with van der Waals surface area (Å²) in [6.45, 7) is 5.72. The van der Waals surface area contributed by atoms with Gasteiger partial charge < -0.3 is 5.32 Å². The molecule has 0 saturated carbocycles. The van der Waals surface area contributed by atoms with E-state index in [4.69, 9.17) is 0 Å². The van der Waals surface area contributed by atoms with Crippen molar-refractivity contribution in [2.45, 2.75) is 32.7 Å². The van der Waals surface area contributed by atoms with Crippen molar-refractivity contribution in [2.24, 2.45) is 5.92 Å². The van der Waals surface area contributed by atoms with Gasteiger partial charge in [0.1, 0.15) is 0 Å². The highest BCUT2D eigenvalue weighted by Gasteiger charge is 2.19. The van der Waals surface area contributed by atoms with E-state index < -0.39 is 0 Å². The largest absolute Gasteiger partial charge is 0.356 e. The summed E-state index contributed by atoms with van der Waals surface area (Å²) in [5.41, 5.74) is 1.33. The van der Waals surface area contributed by atoms with E-state index in [2.05, 4.69) is 27.3 Å². The lowest BCUT2D eigenvalue weighted by molar-refractivity contribution is -0.119. The second kappa shape index (κ2) is 7.24. The molecule has 0 aromatic carbocycles. The third-order valence-electron chi connectivity index (χ3n) is 3.69. The monoisotopic (exact) mass is 261 g/mol. The van der Waals surface area contributed by atoms with E-state index in [9.17, 15) is 4.79 Å². The quantitative estimate of drug-likeness (QED) is 0.879. The molecule has 0 aliphatic carbocycles. The molecule has 2 heterocycles. The minimum Gasteiger partial charge on any atom is -0.356 e. The number of carbonyl (C=O) groups is 1. The van der Waals surface area contributed by atoms with Gasteiger partial charge in [0, 0.05) is 39.0 Å². The van der Waals surface area contributed by atoms with Crippen LogP contribution in [-0.2, 0) is 11.3 Å². The highest BCUT2D eigenvalue weighted by Crippen LogP contribution is 2.20. The maximum Gasteiger partial charge on any atom is 0.216 e. The summed E-state index contributed by atoms with van der Waals surface area (Å²) >= 11 is 0. The fourth-order valence-electron chi connectivity index (χ4n) is 2.73. The number of hydrogen-bond acceptors (Lipinski definition) is 3. The fraction of sp³-hybridized carbons (Fsp3) is 0.600. The zero-order valence-corrected chi connectivity index (χ0v) is 11.6. The van der Waals surface area contributed by atoms with Gasteiger partial charge in [-0.05, 0) is 49.4 Å². The maximum atomic E-state index is 10.9. The van der Waals surface area contributed by atoms with Crippen LogP contribution in [0.2, 0.25) is 0 Å². The van der Waals surface area contributed by atoms with Gasteiger partial charge in [0.2, 0.25) is 5.91 Å². The molecule has 1 saturated heterocycles. The SMILES string of the molecule is CC(=O)NCC[C@H]1CCCN(Cc2ccncc2)C1. The molecule has 104 valence electrons. The van der Waals surface area contributed by atoms with Crippen molar-refractivity contribution in [2.75, 3.05) is 19.6 Å². The summed E-state index contributed by atoms with van der Waals surface area (Å²) in [5, 5.41) is 2.89. The van der Waals surface area contributed by atoms with Crippen molar-refractivity contribution in [3.8, 4) is 0 Å². The van der Waals surface area contributed by atoms with Crippen LogP contribution in [0.4, 0.5) is 0 Å². The lowest BCUT2D eigenvalue weighted by atomic mass is 9.94. The molecule has 0 spiro atoms. The van der Waals surface area contributed by atoms with Crippen LogP contribution in [0.5, 0.6) is 0 Å². The van der Waals surface area contributed by atoms with Crippen LogP contribution in [0.3, 0.4) is 0 Å². The van der Waals surface area contributed by atoms with E-state index in [1.54, 1.807) is 6.92 Å². The molecule has 1 amide bonds. The van der Waals surface area contributed by atoms with Crippen LogP contribution in [0.15, 0.2) is 24.5 Å². The van der Waals surface area contributed by atoms with Crippen LogP contribution in [0.1, 0.15) is 31.7 Å². The molecule has 4 heteroatoms. The molecule has 1 fully saturated rings. The summed E-state index contributed by atoms with van der Waals surface area (Å²) in [6.07, 6.45) is 7.34. The van der Waals surface area contributed by atoms with Crippen molar-refractivity contribution < 1.29 is 4.79 Å². The van der Waals surface area contributed by atoms with Crippen LogP contribution < -0.4 is 5.32 Å². The highest BCUT2D eigenvalue weighted by molar-refractivity contribution is 5.72. The van der Waals surface area contributed by atoms with Gasteiger partial charge in [-0.3, -0.25) is 14.7 Å². The summed E-state index contributed by atoms with van der Waals surface area (Å²) in [7, 11) is 0. The van der Waals surface area contributed by atoms with Crippen molar-refractivity contribution >= 4 is 5.91 Å². The van der Waals surface area contributed by atoms with Crippen LogP contribution in [-0.4, -0.2) is 35.4 Å². The van der Waals surface area contributed by atoms with Gasteiger partial charge in [0.15, 0.2) is 0 Å². The normalized spacial score (nSPS) is 20.2. The zero-order valence-electron chi connectivity index (χ0n) is 11.6. The van der Waals surface area contributed by atoms with Gasteiger partial charge in [-0.25, -0.2) is 0 Å². The molecule has 1 aromatic heterocycles. The Kier molecular flexibility index (Phi) is 5.33. The molecule has 1 N–H and O–H groups in total. The Bertz CT molecular complexity index is 394. The average molecular weight is 261 g/mol. The standard InChI is InChI=1S/C15H23N3O/c1-13(19)17-9-6-14-3-2-10-18(11-14)12-15-4-7-16-8-5-15/h4-5,7-8,14H,2-3,6,9-12H2,1H3,(H,17,19)/t14-/m1/s1. The number of carbonyl (C=O) groups excluding carboxylic acids is 1. The topological polar surface area (TPSA) is 45.2 Å². The number of aromatic nitrogens is 1. The molecular weight excluding hydrogens is 238 g/mol. The number of hydrogen-bond donors (Lipinski definition) is 1. The highest BCUT2D eigenvalue weighted by atomic mass is 16.1. The van der Waals surface area contributed by atoms with Crippen molar-refractivity contribution in [1.82, 2.24) is 15.2 Å². The van der Waals surface area contributed by atoms with E-state index in [-0.39, 0.29) is 5.91 Å². The molecule has 0 unspecified atom stereocenters. The summed E-state index contributed by atoms with van der Waals surface area (Å²) in [5.74, 6) is 0.784. The first-order chi connectivity index (χ1) is 9.24. The van der Waals surface area contributed by atoms with Crippen molar-refractivity contribution in [1.29, 1.82) is 0 Å². The van der Waals surface area contributed by atoms with Gasteiger partial charge in [-0.2, -0.15) is 0 Å². The molecule has 4 nitrogen and oxygen atoms in total. The van der Waals surface area contributed by atoms with Crippen molar-refractivity contribution in [3.05, 3.63) is 30.1 Å². The molecule has 2 rings (SSSR count). The number of amides is 1. The predicted molar refractivity (Wildman–Crippen MR) is 75.5 cm³/mol. The zero-order chi connectivity index (χ0) is 13.5. The maximum absolute atomic E-state index is 10.9. The fourth-order valence-corrected chi connectivity index (χ4v) is 2.73. The number of likely N-dealkylation sites (tertiary alicyclic amines) is 1. The summed E-state index contributed by atoms with van der Waals surface area (Å²) in [4.78, 5) is 17.4. The first-order valence-corrected chi connectivity index (χ1v) is 7.10. The second-order valence-corrected chi connectivity index (χ2v) is 5.37.